The molecule has 0 bridgehead atoms. The predicted octanol–water partition coefficient (Wildman–Crippen LogP) is 1.74. The second-order valence-electron chi connectivity index (χ2n) is 3.47. The zero-order valence-electron chi connectivity index (χ0n) is 10.3. The van der Waals surface area contributed by atoms with Crippen LogP contribution in [0.4, 0.5) is 0 Å². The first kappa shape index (κ1) is 13.2. The highest BCUT2D eigenvalue weighted by atomic mass is 16.5. The van der Waals surface area contributed by atoms with Crippen LogP contribution < -0.4 is 19.9 Å². The molecule has 4 nitrogen and oxygen atoms in total. The van der Waals surface area contributed by atoms with Crippen molar-refractivity contribution in [1.82, 2.24) is 0 Å². The highest BCUT2D eigenvalue weighted by molar-refractivity contribution is 5.54. The molecule has 0 heterocycles. The summed E-state index contributed by atoms with van der Waals surface area (Å²) in [7, 11) is 4.68. The molecule has 0 saturated heterocycles. The molecule has 17 heavy (non-hydrogen) atoms. The molecule has 0 aliphatic rings. The summed E-state index contributed by atoms with van der Waals surface area (Å²) < 4.78 is 15.7. The number of nitrogens with two attached hydrogens (primary N) is 1. The first-order chi connectivity index (χ1) is 8.17. The molecule has 1 rings (SSSR count). The largest absolute Gasteiger partial charge is 0.493 e. The summed E-state index contributed by atoms with van der Waals surface area (Å²) in [6, 6.07) is 3.38. The molecule has 92 valence electrons. The van der Waals surface area contributed by atoms with Gasteiger partial charge in [0, 0.05) is 12.5 Å². The monoisotopic (exact) mass is 235 g/mol. The zero-order valence-corrected chi connectivity index (χ0v) is 10.3. The maximum absolute atomic E-state index is 5.95. The molecule has 0 aliphatic carbocycles. The Morgan fingerprint density at radius 2 is 1.71 bits per heavy atom. The number of methoxy groups -OCH3 is 3. The first-order valence-corrected chi connectivity index (χ1v) is 5.16. The Morgan fingerprint density at radius 1 is 1.18 bits per heavy atom. The van der Waals surface area contributed by atoms with Crippen LogP contribution in [0.5, 0.6) is 17.2 Å². The van der Waals surface area contributed by atoms with E-state index in [0.29, 0.717) is 23.7 Å². The second-order valence-corrected chi connectivity index (χ2v) is 3.47. The molecule has 1 atom stereocenters. The van der Waals surface area contributed by atoms with E-state index in [1.165, 1.54) is 0 Å². The van der Waals surface area contributed by atoms with Crippen molar-refractivity contribution in [3.05, 3.63) is 17.7 Å². The lowest BCUT2D eigenvalue weighted by Crippen LogP contribution is -2.10. The molecule has 0 aromatic heterocycles. The second kappa shape index (κ2) is 6.02. The Bertz CT molecular complexity index is 398. The lowest BCUT2D eigenvalue weighted by atomic mass is 10.0. The molecule has 1 aromatic carbocycles. The molecule has 1 aromatic rings. The van der Waals surface area contributed by atoms with Gasteiger partial charge in [-0.3, -0.25) is 0 Å². The van der Waals surface area contributed by atoms with Gasteiger partial charge >= 0.3 is 0 Å². The van der Waals surface area contributed by atoms with Gasteiger partial charge in [0.05, 0.1) is 21.3 Å². The van der Waals surface area contributed by atoms with Crippen molar-refractivity contribution in [1.29, 1.82) is 0 Å². The van der Waals surface area contributed by atoms with Crippen LogP contribution in [0.15, 0.2) is 12.1 Å². The van der Waals surface area contributed by atoms with Crippen LogP contribution in [-0.4, -0.2) is 21.3 Å². The minimum Gasteiger partial charge on any atom is -0.493 e. The highest BCUT2D eigenvalue weighted by Crippen LogP contribution is 2.39. The predicted molar refractivity (Wildman–Crippen MR) is 66.5 cm³/mol. The van der Waals surface area contributed by atoms with Gasteiger partial charge in [-0.2, -0.15) is 0 Å². The quantitative estimate of drug-likeness (QED) is 0.790. The van der Waals surface area contributed by atoms with Crippen LogP contribution in [-0.2, 0) is 0 Å². The maximum Gasteiger partial charge on any atom is 0.203 e. The van der Waals surface area contributed by atoms with Gasteiger partial charge in [0.1, 0.15) is 0 Å². The number of terminal acetylenes is 1. The van der Waals surface area contributed by atoms with Gasteiger partial charge in [-0.1, -0.05) is 0 Å². The highest BCUT2D eigenvalue weighted by Gasteiger charge is 2.15. The lowest BCUT2D eigenvalue weighted by Gasteiger charge is -2.16. The van der Waals surface area contributed by atoms with Crippen LogP contribution in [0.2, 0.25) is 0 Å². The Morgan fingerprint density at radius 3 is 2.06 bits per heavy atom. The Balaban J connectivity index is 3.22. The van der Waals surface area contributed by atoms with E-state index in [9.17, 15) is 0 Å². The molecule has 0 saturated carbocycles. The SMILES string of the molecule is C#CCC(N)c1cc(OC)c(OC)c(OC)c1. The van der Waals surface area contributed by atoms with Gasteiger partial charge < -0.3 is 19.9 Å². The normalized spacial score (nSPS) is 11.5. The van der Waals surface area contributed by atoms with Crippen LogP contribution in [0.1, 0.15) is 18.0 Å². The molecular weight excluding hydrogens is 218 g/mol. The molecule has 0 radical (unpaired) electrons. The van der Waals surface area contributed by atoms with Gasteiger partial charge in [-0.25, -0.2) is 0 Å². The fourth-order valence-corrected chi connectivity index (χ4v) is 1.56. The lowest BCUT2D eigenvalue weighted by molar-refractivity contribution is 0.323. The Labute approximate surface area is 102 Å². The average Bonchev–Trinajstić information content (AvgIpc) is 2.37. The van der Waals surface area contributed by atoms with Crippen LogP contribution in [0.3, 0.4) is 0 Å². The van der Waals surface area contributed by atoms with Crippen molar-refractivity contribution < 1.29 is 14.2 Å². The summed E-state index contributed by atoms with van der Waals surface area (Å²) in [5.74, 6) is 4.24. The standard InChI is InChI=1S/C13H17NO3/c1-5-6-10(14)9-7-11(15-2)13(17-4)12(8-9)16-3/h1,7-8,10H,6,14H2,2-4H3. The summed E-state index contributed by atoms with van der Waals surface area (Å²) in [6.07, 6.45) is 5.70. The summed E-state index contributed by atoms with van der Waals surface area (Å²) >= 11 is 0. The molecule has 0 spiro atoms. The van der Waals surface area contributed by atoms with Crippen molar-refractivity contribution in [2.24, 2.45) is 5.73 Å². The van der Waals surface area contributed by atoms with E-state index in [4.69, 9.17) is 26.4 Å². The maximum atomic E-state index is 5.95. The van der Waals surface area contributed by atoms with Gasteiger partial charge in [0.25, 0.3) is 0 Å². The van der Waals surface area contributed by atoms with Crippen molar-refractivity contribution in [3.63, 3.8) is 0 Å². The fraction of sp³-hybridized carbons (Fsp3) is 0.385. The summed E-state index contributed by atoms with van der Waals surface area (Å²) in [4.78, 5) is 0. The third-order valence-corrected chi connectivity index (χ3v) is 2.45. The Hall–Kier alpha value is -1.86. The van der Waals surface area contributed by atoms with Gasteiger partial charge in [-0.05, 0) is 17.7 Å². The topological polar surface area (TPSA) is 53.7 Å². The van der Waals surface area contributed by atoms with E-state index in [1.807, 2.05) is 12.1 Å². The van der Waals surface area contributed by atoms with E-state index in [0.717, 1.165) is 5.56 Å². The van der Waals surface area contributed by atoms with Crippen LogP contribution in [0, 0.1) is 12.3 Å². The summed E-state index contributed by atoms with van der Waals surface area (Å²) in [6.45, 7) is 0. The van der Waals surface area contributed by atoms with E-state index in [1.54, 1.807) is 21.3 Å². The van der Waals surface area contributed by atoms with Crippen molar-refractivity contribution in [2.75, 3.05) is 21.3 Å². The number of benzene rings is 1. The van der Waals surface area contributed by atoms with E-state index in [2.05, 4.69) is 5.92 Å². The minimum absolute atomic E-state index is 0.242. The smallest absolute Gasteiger partial charge is 0.203 e. The molecule has 2 N–H and O–H groups in total. The van der Waals surface area contributed by atoms with Gasteiger partial charge in [0.15, 0.2) is 11.5 Å². The third kappa shape index (κ3) is 2.83. The van der Waals surface area contributed by atoms with E-state index < -0.39 is 0 Å². The first-order valence-electron chi connectivity index (χ1n) is 5.16. The molecule has 1 unspecified atom stereocenters. The Kier molecular flexibility index (Phi) is 4.68. The average molecular weight is 235 g/mol. The number of rotatable bonds is 5. The van der Waals surface area contributed by atoms with Crippen LogP contribution >= 0.6 is 0 Å². The minimum atomic E-state index is -0.242. The van der Waals surface area contributed by atoms with Gasteiger partial charge in [0.2, 0.25) is 5.75 Å². The molecule has 0 aliphatic heterocycles. The number of hydrogen-bond donors (Lipinski definition) is 1. The molecule has 0 amide bonds. The third-order valence-electron chi connectivity index (χ3n) is 2.45. The summed E-state index contributed by atoms with van der Waals surface area (Å²) in [5.41, 5.74) is 6.81. The number of hydrogen-bond acceptors (Lipinski definition) is 4. The van der Waals surface area contributed by atoms with E-state index in [-0.39, 0.29) is 6.04 Å². The van der Waals surface area contributed by atoms with Crippen LogP contribution in [0.25, 0.3) is 0 Å². The fourth-order valence-electron chi connectivity index (χ4n) is 1.56. The number of ether oxygens (including phenoxy) is 3. The zero-order chi connectivity index (χ0) is 12.8. The van der Waals surface area contributed by atoms with Crippen molar-refractivity contribution in [2.45, 2.75) is 12.5 Å². The molecular formula is C13H17NO3. The molecule has 0 fully saturated rings. The summed E-state index contributed by atoms with van der Waals surface area (Å²) in [5, 5.41) is 0. The van der Waals surface area contributed by atoms with E-state index >= 15 is 0 Å². The van der Waals surface area contributed by atoms with Crippen molar-refractivity contribution in [3.8, 4) is 29.6 Å². The van der Waals surface area contributed by atoms with Gasteiger partial charge in [-0.15, -0.1) is 12.3 Å². The van der Waals surface area contributed by atoms with Crippen molar-refractivity contribution >= 4 is 0 Å². The molecule has 4 heteroatoms.